The molecule has 0 saturated heterocycles. The van der Waals surface area contributed by atoms with E-state index in [4.69, 9.17) is 10.5 Å². The van der Waals surface area contributed by atoms with Crippen LogP contribution >= 0.6 is 0 Å². The highest BCUT2D eigenvalue weighted by molar-refractivity contribution is 5.34. The van der Waals surface area contributed by atoms with E-state index < -0.39 is 0 Å². The zero-order valence-corrected chi connectivity index (χ0v) is 11.4. The Morgan fingerprint density at radius 1 is 1.39 bits per heavy atom. The van der Waals surface area contributed by atoms with Crippen LogP contribution in [0.1, 0.15) is 25.8 Å². The first-order chi connectivity index (χ1) is 8.48. The molecular formula is C14H23FN2O. The topological polar surface area (TPSA) is 47.3 Å². The lowest BCUT2D eigenvalue weighted by Gasteiger charge is -2.26. The highest BCUT2D eigenvalue weighted by atomic mass is 19.1. The summed E-state index contributed by atoms with van der Waals surface area (Å²) in [5.74, 6) is 0.502. The monoisotopic (exact) mass is 254 g/mol. The smallest absolute Gasteiger partial charge is 0.123 e. The van der Waals surface area contributed by atoms with Crippen LogP contribution in [0.4, 0.5) is 4.39 Å². The van der Waals surface area contributed by atoms with E-state index in [2.05, 4.69) is 19.2 Å². The zero-order valence-electron chi connectivity index (χ0n) is 11.4. The third-order valence-corrected chi connectivity index (χ3v) is 3.01. The van der Waals surface area contributed by atoms with Crippen molar-refractivity contribution in [3.8, 4) is 5.75 Å². The number of nitrogens with two attached hydrogens (primary N) is 1. The summed E-state index contributed by atoms with van der Waals surface area (Å²) in [6, 6.07) is 4.60. The van der Waals surface area contributed by atoms with Crippen molar-refractivity contribution in [3.63, 3.8) is 0 Å². The van der Waals surface area contributed by atoms with Crippen LogP contribution in [0.2, 0.25) is 0 Å². The molecule has 0 aliphatic heterocycles. The fourth-order valence-corrected chi connectivity index (χ4v) is 1.93. The highest BCUT2D eigenvalue weighted by Crippen LogP contribution is 2.19. The molecule has 0 saturated carbocycles. The van der Waals surface area contributed by atoms with E-state index in [-0.39, 0.29) is 11.4 Å². The van der Waals surface area contributed by atoms with Gasteiger partial charge in [-0.05, 0) is 63.5 Å². The summed E-state index contributed by atoms with van der Waals surface area (Å²) >= 11 is 0. The zero-order chi connectivity index (χ0) is 13.6. The average Bonchev–Trinajstić information content (AvgIpc) is 2.29. The molecule has 102 valence electrons. The summed E-state index contributed by atoms with van der Waals surface area (Å²) in [7, 11) is 1.60. The Bertz CT molecular complexity index is 380. The van der Waals surface area contributed by atoms with Gasteiger partial charge >= 0.3 is 0 Å². The van der Waals surface area contributed by atoms with Crippen molar-refractivity contribution < 1.29 is 9.13 Å². The summed E-state index contributed by atoms with van der Waals surface area (Å²) < 4.78 is 18.4. The van der Waals surface area contributed by atoms with Gasteiger partial charge in [-0.3, -0.25) is 0 Å². The van der Waals surface area contributed by atoms with Crippen LogP contribution in [-0.4, -0.2) is 25.7 Å². The van der Waals surface area contributed by atoms with E-state index in [1.54, 1.807) is 13.2 Å². The number of methoxy groups -OCH3 is 1. The predicted octanol–water partition coefficient (Wildman–Crippen LogP) is 2.09. The van der Waals surface area contributed by atoms with Gasteiger partial charge in [-0.25, -0.2) is 4.39 Å². The lowest BCUT2D eigenvalue weighted by molar-refractivity contribution is 0.366. The molecule has 0 radical (unpaired) electrons. The first-order valence-electron chi connectivity index (χ1n) is 6.26. The van der Waals surface area contributed by atoms with Crippen LogP contribution in [0.5, 0.6) is 5.75 Å². The van der Waals surface area contributed by atoms with Crippen molar-refractivity contribution >= 4 is 0 Å². The summed E-state index contributed by atoms with van der Waals surface area (Å²) in [5.41, 5.74) is 6.45. The van der Waals surface area contributed by atoms with Crippen LogP contribution in [0.25, 0.3) is 0 Å². The molecule has 3 N–H and O–H groups in total. The second kappa shape index (κ2) is 6.71. The molecule has 0 fully saturated rings. The second-order valence-corrected chi connectivity index (χ2v) is 5.06. The van der Waals surface area contributed by atoms with Gasteiger partial charge in [0.1, 0.15) is 11.6 Å². The highest BCUT2D eigenvalue weighted by Gasteiger charge is 2.15. The van der Waals surface area contributed by atoms with Crippen molar-refractivity contribution in [1.82, 2.24) is 5.32 Å². The van der Waals surface area contributed by atoms with Crippen molar-refractivity contribution in [3.05, 3.63) is 29.6 Å². The summed E-state index contributed by atoms with van der Waals surface area (Å²) in [6.45, 7) is 5.65. The Kier molecular flexibility index (Phi) is 5.56. The van der Waals surface area contributed by atoms with Crippen LogP contribution in [-0.2, 0) is 6.42 Å². The molecule has 18 heavy (non-hydrogen) atoms. The summed E-state index contributed by atoms with van der Waals surface area (Å²) in [4.78, 5) is 0. The van der Waals surface area contributed by atoms with E-state index >= 15 is 0 Å². The van der Waals surface area contributed by atoms with Crippen LogP contribution < -0.4 is 15.8 Å². The molecule has 1 rings (SSSR count). The van der Waals surface area contributed by atoms with Gasteiger partial charge in [0.25, 0.3) is 0 Å². The summed E-state index contributed by atoms with van der Waals surface area (Å²) in [5, 5.41) is 3.42. The number of rotatable bonds is 7. The summed E-state index contributed by atoms with van der Waals surface area (Å²) in [6.07, 6.45) is 1.64. The number of benzene rings is 1. The van der Waals surface area contributed by atoms with Gasteiger partial charge in [0.15, 0.2) is 0 Å². The molecule has 1 aromatic carbocycles. The van der Waals surface area contributed by atoms with E-state index in [0.29, 0.717) is 6.54 Å². The average molecular weight is 254 g/mol. The largest absolute Gasteiger partial charge is 0.496 e. The maximum Gasteiger partial charge on any atom is 0.123 e. The van der Waals surface area contributed by atoms with Crippen molar-refractivity contribution in [2.24, 2.45) is 5.73 Å². The lowest BCUT2D eigenvalue weighted by Crippen LogP contribution is -2.42. The first kappa shape index (κ1) is 14.9. The quantitative estimate of drug-likeness (QED) is 0.783. The van der Waals surface area contributed by atoms with Gasteiger partial charge < -0.3 is 15.8 Å². The van der Waals surface area contributed by atoms with Crippen molar-refractivity contribution in [2.45, 2.75) is 32.2 Å². The number of halogens is 1. The predicted molar refractivity (Wildman–Crippen MR) is 72.4 cm³/mol. The van der Waals surface area contributed by atoms with E-state index in [1.807, 2.05) is 0 Å². The van der Waals surface area contributed by atoms with Gasteiger partial charge in [0, 0.05) is 5.54 Å². The number of nitrogens with one attached hydrogen (secondary N) is 1. The molecular weight excluding hydrogens is 231 g/mol. The molecule has 0 amide bonds. The van der Waals surface area contributed by atoms with Crippen molar-refractivity contribution in [2.75, 3.05) is 20.2 Å². The van der Waals surface area contributed by atoms with Crippen LogP contribution in [0, 0.1) is 5.82 Å². The van der Waals surface area contributed by atoms with Gasteiger partial charge in [-0.15, -0.1) is 0 Å². The van der Waals surface area contributed by atoms with E-state index in [9.17, 15) is 4.39 Å². The molecule has 0 aliphatic rings. The third-order valence-electron chi connectivity index (χ3n) is 3.01. The maximum atomic E-state index is 13.2. The van der Waals surface area contributed by atoms with E-state index in [0.717, 1.165) is 30.7 Å². The van der Waals surface area contributed by atoms with Crippen molar-refractivity contribution in [1.29, 1.82) is 0 Å². The standard InChI is InChI=1S/C14H23FN2O/c1-14(2,7-8-16)17-9-6-11-10-12(15)4-5-13(11)18-3/h4-5,10,17H,6-9,16H2,1-3H3. The Morgan fingerprint density at radius 3 is 2.72 bits per heavy atom. The van der Waals surface area contributed by atoms with E-state index in [1.165, 1.54) is 12.1 Å². The Morgan fingerprint density at radius 2 is 2.11 bits per heavy atom. The van der Waals surface area contributed by atoms with Gasteiger partial charge in [0.05, 0.1) is 7.11 Å². The molecule has 3 nitrogen and oxygen atoms in total. The normalized spacial score (nSPS) is 11.6. The lowest BCUT2D eigenvalue weighted by atomic mass is 10.0. The van der Waals surface area contributed by atoms with Crippen LogP contribution in [0.15, 0.2) is 18.2 Å². The molecule has 0 atom stereocenters. The number of hydrogen-bond acceptors (Lipinski definition) is 3. The molecule has 1 aromatic rings. The Balaban J connectivity index is 2.55. The van der Waals surface area contributed by atoms with Gasteiger partial charge in [-0.1, -0.05) is 0 Å². The minimum absolute atomic E-state index is 0.00924. The maximum absolute atomic E-state index is 13.2. The molecule has 0 bridgehead atoms. The fourth-order valence-electron chi connectivity index (χ4n) is 1.93. The Labute approximate surface area is 109 Å². The SMILES string of the molecule is COc1ccc(F)cc1CCNC(C)(C)CCN. The number of ether oxygens (including phenoxy) is 1. The molecule has 4 heteroatoms. The molecule has 0 spiro atoms. The minimum Gasteiger partial charge on any atom is -0.496 e. The van der Waals surface area contributed by atoms with Gasteiger partial charge in [-0.2, -0.15) is 0 Å². The van der Waals surface area contributed by atoms with Crippen LogP contribution in [0.3, 0.4) is 0 Å². The molecule has 0 aliphatic carbocycles. The Hall–Kier alpha value is -1.13. The first-order valence-corrected chi connectivity index (χ1v) is 6.26. The molecule has 0 heterocycles. The van der Waals surface area contributed by atoms with Gasteiger partial charge in [0.2, 0.25) is 0 Å². The molecule has 0 aromatic heterocycles. The molecule has 0 unspecified atom stereocenters. The third kappa shape index (κ3) is 4.63. The second-order valence-electron chi connectivity index (χ2n) is 5.06. The fraction of sp³-hybridized carbons (Fsp3) is 0.571. The number of hydrogen-bond donors (Lipinski definition) is 2. The minimum atomic E-state index is -0.230.